The Morgan fingerprint density at radius 1 is 1.10 bits per heavy atom. The van der Waals surface area contributed by atoms with Crippen molar-refractivity contribution in [2.75, 3.05) is 13.1 Å². The summed E-state index contributed by atoms with van der Waals surface area (Å²) < 4.78 is 40.3. The van der Waals surface area contributed by atoms with Gasteiger partial charge >= 0.3 is 0 Å². The van der Waals surface area contributed by atoms with Gasteiger partial charge in [0.15, 0.2) is 0 Å². The highest BCUT2D eigenvalue weighted by molar-refractivity contribution is 7.89. The van der Waals surface area contributed by atoms with Crippen LogP contribution >= 0.6 is 0 Å². The van der Waals surface area contributed by atoms with Crippen molar-refractivity contribution in [1.29, 1.82) is 0 Å². The van der Waals surface area contributed by atoms with Crippen LogP contribution in [-0.4, -0.2) is 31.7 Å². The maximum atomic E-state index is 13.2. The van der Waals surface area contributed by atoms with E-state index in [1.807, 2.05) is 6.92 Å². The third-order valence-corrected chi connectivity index (χ3v) is 8.07. The second-order valence-corrected chi connectivity index (χ2v) is 10.2. The zero-order valence-corrected chi connectivity index (χ0v) is 17.9. The average Bonchev–Trinajstić information content (AvgIpc) is 3.22. The van der Waals surface area contributed by atoms with Crippen LogP contribution in [0, 0.1) is 11.7 Å². The maximum Gasteiger partial charge on any atom is 0.243 e. The third kappa shape index (κ3) is 4.27. The van der Waals surface area contributed by atoms with E-state index in [0.717, 1.165) is 30.5 Å². The molecule has 0 bridgehead atoms. The molecule has 0 spiro atoms. The van der Waals surface area contributed by atoms with Crippen molar-refractivity contribution in [3.05, 3.63) is 65.0 Å². The molecule has 1 amide bonds. The molecule has 1 fully saturated rings. The van der Waals surface area contributed by atoms with Crippen LogP contribution in [0.4, 0.5) is 4.39 Å². The Hall–Kier alpha value is -2.25. The number of piperidine rings is 1. The van der Waals surface area contributed by atoms with Crippen LogP contribution in [0.3, 0.4) is 0 Å². The van der Waals surface area contributed by atoms with E-state index in [4.69, 9.17) is 0 Å². The van der Waals surface area contributed by atoms with E-state index in [9.17, 15) is 17.6 Å². The standard InChI is InChI=1S/C23H27FN2O3S/c1-16(18-8-7-17-4-2-5-19(17)14-18)25-23(27)20-6-3-13-26(15-20)30(28,29)22-11-9-21(24)10-12-22/h7-12,14,16,20H,2-6,13,15H2,1H3,(H,25,27)/t16-,20+/m1/s1. The van der Waals surface area contributed by atoms with Gasteiger partial charge in [-0.1, -0.05) is 18.2 Å². The normalized spacial score (nSPS) is 20.5. The molecule has 7 heteroatoms. The fourth-order valence-electron chi connectivity index (χ4n) is 4.41. The van der Waals surface area contributed by atoms with Crippen molar-refractivity contribution < 1.29 is 17.6 Å². The van der Waals surface area contributed by atoms with Gasteiger partial charge in [0.05, 0.1) is 16.9 Å². The number of carbonyl (C=O) groups excluding carboxylic acids is 1. The molecule has 1 saturated heterocycles. The Kier molecular flexibility index (Phi) is 5.93. The number of carbonyl (C=O) groups is 1. The summed E-state index contributed by atoms with van der Waals surface area (Å²) in [5, 5.41) is 3.07. The van der Waals surface area contributed by atoms with Gasteiger partial charge in [-0.15, -0.1) is 0 Å². The molecule has 1 aliphatic heterocycles. The smallest absolute Gasteiger partial charge is 0.243 e. The summed E-state index contributed by atoms with van der Waals surface area (Å²) in [6, 6.07) is 11.1. The Labute approximate surface area is 177 Å². The van der Waals surface area contributed by atoms with Gasteiger partial charge in [0.25, 0.3) is 0 Å². The molecular formula is C23H27FN2O3S. The molecule has 2 aliphatic rings. The van der Waals surface area contributed by atoms with Crippen LogP contribution < -0.4 is 5.32 Å². The summed E-state index contributed by atoms with van der Waals surface area (Å²) >= 11 is 0. The van der Waals surface area contributed by atoms with Gasteiger partial charge in [-0.25, -0.2) is 12.8 Å². The molecule has 0 radical (unpaired) electrons. The van der Waals surface area contributed by atoms with Gasteiger partial charge < -0.3 is 5.32 Å². The van der Waals surface area contributed by atoms with E-state index in [-0.39, 0.29) is 23.4 Å². The number of halogens is 1. The SMILES string of the molecule is C[C@@H](NC(=O)[C@H]1CCCN(S(=O)(=O)c2ccc(F)cc2)C1)c1ccc2c(c1)CCC2. The maximum absolute atomic E-state index is 13.2. The van der Waals surface area contributed by atoms with Crippen molar-refractivity contribution in [1.82, 2.24) is 9.62 Å². The number of hydrogen-bond acceptors (Lipinski definition) is 3. The van der Waals surface area contributed by atoms with Crippen LogP contribution in [0.2, 0.25) is 0 Å². The summed E-state index contributed by atoms with van der Waals surface area (Å²) in [6.07, 6.45) is 4.66. The number of hydrogen-bond donors (Lipinski definition) is 1. The van der Waals surface area contributed by atoms with Crippen molar-refractivity contribution in [3.63, 3.8) is 0 Å². The first kappa shape index (κ1) is 21.0. The van der Waals surface area contributed by atoms with E-state index in [2.05, 4.69) is 23.5 Å². The van der Waals surface area contributed by atoms with Crippen LogP contribution in [-0.2, 0) is 27.7 Å². The summed E-state index contributed by atoms with van der Waals surface area (Å²) in [5.41, 5.74) is 3.84. The Balaban J connectivity index is 1.42. The summed E-state index contributed by atoms with van der Waals surface area (Å²) in [7, 11) is -3.75. The molecular weight excluding hydrogens is 403 g/mol. The largest absolute Gasteiger partial charge is 0.349 e. The fraction of sp³-hybridized carbons (Fsp3) is 0.435. The van der Waals surface area contributed by atoms with Gasteiger partial charge in [-0.05, 0) is 80.0 Å². The number of aryl methyl sites for hydroxylation is 2. The average molecular weight is 431 g/mol. The van der Waals surface area contributed by atoms with E-state index >= 15 is 0 Å². The minimum Gasteiger partial charge on any atom is -0.349 e. The van der Waals surface area contributed by atoms with Crippen molar-refractivity contribution in [3.8, 4) is 0 Å². The van der Waals surface area contributed by atoms with Crippen LogP contribution in [0.15, 0.2) is 47.4 Å². The summed E-state index contributed by atoms with van der Waals surface area (Å²) in [4.78, 5) is 12.9. The lowest BCUT2D eigenvalue weighted by Crippen LogP contribution is -2.45. The lowest BCUT2D eigenvalue weighted by Gasteiger charge is -2.32. The molecule has 0 unspecified atom stereocenters. The van der Waals surface area contributed by atoms with Gasteiger partial charge in [-0.3, -0.25) is 4.79 Å². The predicted octanol–water partition coefficient (Wildman–Crippen LogP) is 3.59. The quantitative estimate of drug-likeness (QED) is 0.788. The lowest BCUT2D eigenvalue weighted by atomic mass is 9.97. The first-order chi connectivity index (χ1) is 14.3. The van der Waals surface area contributed by atoms with Gasteiger partial charge in [0.2, 0.25) is 15.9 Å². The molecule has 1 N–H and O–H groups in total. The van der Waals surface area contributed by atoms with Crippen molar-refractivity contribution in [2.45, 2.75) is 50.0 Å². The molecule has 2 atom stereocenters. The highest BCUT2D eigenvalue weighted by atomic mass is 32.2. The van der Waals surface area contributed by atoms with E-state index in [1.54, 1.807) is 0 Å². The first-order valence-electron chi connectivity index (χ1n) is 10.5. The zero-order chi connectivity index (χ0) is 21.3. The number of fused-ring (bicyclic) bond motifs is 1. The molecule has 1 aliphatic carbocycles. The molecule has 4 rings (SSSR count). The molecule has 30 heavy (non-hydrogen) atoms. The predicted molar refractivity (Wildman–Crippen MR) is 113 cm³/mol. The Morgan fingerprint density at radius 2 is 1.83 bits per heavy atom. The van der Waals surface area contributed by atoms with Gasteiger partial charge in [0, 0.05) is 13.1 Å². The first-order valence-corrected chi connectivity index (χ1v) is 12.0. The number of amides is 1. The number of nitrogens with zero attached hydrogens (tertiary/aromatic N) is 1. The van der Waals surface area contributed by atoms with Gasteiger partial charge in [0.1, 0.15) is 5.82 Å². The van der Waals surface area contributed by atoms with Crippen molar-refractivity contribution >= 4 is 15.9 Å². The number of rotatable bonds is 5. The van der Waals surface area contributed by atoms with Gasteiger partial charge in [-0.2, -0.15) is 4.31 Å². The topological polar surface area (TPSA) is 66.5 Å². The monoisotopic (exact) mass is 430 g/mol. The van der Waals surface area contributed by atoms with E-state index in [0.29, 0.717) is 19.4 Å². The fourth-order valence-corrected chi connectivity index (χ4v) is 5.93. The molecule has 160 valence electrons. The lowest BCUT2D eigenvalue weighted by molar-refractivity contribution is -0.126. The number of benzene rings is 2. The molecule has 2 aromatic carbocycles. The Morgan fingerprint density at radius 3 is 2.60 bits per heavy atom. The minimum atomic E-state index is -3.75. The highest BCUT2D eigenvalue weighted by Gasteiger charge is 2.33. The molecule has 5 nitrogen and oxygen atoms in total. The highest BCUT2D eigenvalue weighted by Crippen LogP contribution is 2.27. The summed E-state index contributed by atoms with van der Waals surface area (Å²) in [6.45, 7) is 2.47. The minimum absolute atomic E-state index is 0.0523. The zero-order valence-electron chi connectivity index (χ0n) is 17.1. The molecule has 1 heterocycles. The molecule has 2 aromatic rings. The number of nitrogens with one attached hydrogen (secondary N) is 1. The number of sulfonamides is 1. The summed E-state index contributed by atoms with van der Waals surface area (Å²) in [5.74, 6) is -1.00. The molecule has 0 aromatic heterocycles. The molecule has 0 saturated carbocycles. The van der Waals surface area contributed by atoms with Crippen LogP contribution in [0.5, 0.6) is 0 Å². The van der Waals surface area contributed by atoms with E-state index < -0.39 is 21.8 Å². The van der Waals surface area contributed by atoms with Crippen LogP contribution in [0.25, 0.3) is 0 Å². The van der Waals surface area contributed by atoms with E-state index in [1.165, 1.54) is 34.0 Å². The van der Waals surface area contributed by atoms with Crippen molar-refractivity contribution in [2.24, 2.45) is 5.92 Å². The third-order valence-electron chi connectivity index (χ3n) is 6.19. The Bertz CT molecular complexity index is 1040. The second-order valence-electron chi connectivity index (χ2n) is 8.27. The second kappa shape index (κ2) is 8.47. The van der Waals surface area contributed by atoms with Crippen LogP contribution in [0.1, 0.15) is 48.9 Å².